The lowest BCUT2D eigenvalue weighted by atomic mass is 10.1. The molecule has 2 amide bonds. The van der Waals surface area contributed by atoms with Gasteiger partial charge < -0.3 is 29.1 Å². The Morgan fingerprint density at radius 2 is 0.911 bits per heavy atom. The normalized spacial score (nSPS) is 11.6. The third-order valence-corrected chi connectivity index (χ3v) is 5.96. The minimum atomic E-state index is -0.503. The predicted octanol–water partition coefficient (Wildman–Crippen LogP) is 7.31. The molecule has 0 saturated heterocycles. The van der Waals surface area contributed by atoms with Crippen molar-refractivity contribution in [1.82, 2.24) is 9.80 Å². The number of aryl methyl sites for hydroxylation is 2. The van der Waals surface area contributed by atoms with E-state index in [0.29, 0.717) is 25.9 Å². The maximum atomic E-state index is 12.0. The fraction of sp³-hybridized carbons (Fsp3) is 0.583. The Kier molecular flexibility index (Phi) is 15.6. The van der Waals surface area contributed by atoms with Crippen LogP contribution in [0.2, 0.25) is 0 Å². The SMILES string of the molecule is CN(Cc1ccc(CCC(=O)OC(C)(C)C)cc1)C(=O)OC(C)(C)C.CN(Cc1ccc(CCCO)cc1)C(=O)OC(C)(C)C. The van der Waals surface area contributed by atoms with Crippen molar-refractivity contribution in [1.29, 1.82) is 0 Å². The number of ether oxygens (including phenoxy) is 3. The molecule has 2 aromatic carbocycles. The molecule has 2 aromatic rings. The van der Waals surface area contributed by atoms with E-state index in [4.69, 9.17) is 19.3 Å². The maximum absolute atomic E-state index is 12.0. The van der Waals surface area contributed by atoms with Crippen LogP contribution in [0.5, 0.6) is 0 Å². The molecule has 0 saturated carbocycles. The summed E-state index contributed by atoms with van der Waals surface area (Å²) in [5.74, 6) is -0.193. The van der Waals surface area contributed by atoms with Crippen LogP contribution in [0.15, 0.2) is 48.5 Å². The first-order valence-corrected chi connectivity index (χ1v) is 15.5. The van der Waals surface area contributed by atoms with Gasteiger partial charge in [-0.1, -0.05) is 48.5 Å². The van der Waals surface area contributed by atoms with Crippen molar-refractivity contribution < 1.29 is 33.7 Å². The van der Waals surface area contributed by atoms with E-state index in [2.05, 4.69) is 0 Å². The first-order valence-electron chi connectivity index (χ1n) is 15.5. The second-order valence-electron chi connectivity index (χ2n) is 14.2. The number of hydrogen-bond acceptors (Lipinski definition) is 7. The Balaban J connectivity index is 0.000000461. The van der Waals surface area contributed by atoms with Crippen LogP contribution >= 0.6 is 0 Å². The van der Waals surface area contributed by atoms with Crippen LogP contribution in [-0.2, 0) is 44.9 Å². The van der Waals surface area contributed by atoms with Crippen molar-refractivity contribution in [3.8, 4) is 0 Å². The van der Waals surface area contributed by atoms with Crippen LogP contribution in [0.3, 0.4) is 0 Å². The fourth-order valence-corrected chi connectivity index (χ4v) is 3.90. The summed E-state index contributed by atoms with van der Waals surface area (Å²) >= 11 is 0. The molecule has 0 aliphatic carbocycles. The summed E-state index contributed by atoms with van der Waals surface area (Å²) in [6.07, 6.45) is 1.98. The molecule has 9 heteroatoms. The average molecular weight is 629 g/mol. The summed E-state index contributed by atoms with van der Waals surface area (Å²) in [4.78, 5) is 38.7. The molecule has 0 aliphatic rings. The van der Waals surface area contributed by atoms with Crippen molar-refractivity contribution >= 4 is 18.2 Å². The molecular weight excluding hydrogens is 572 g/mol. The van der Waals surface area contributed by atoms with E-state index in [9.17, 15) is 14.4 Å². The van der Waals surface area contributed by atoms with Crippen LogP contribution in [0, 0.1) is 0 Å². The van der Waals surface area contributed by atoms with Crippen molar-refractivity contribution in [2.45, 2.75) is 118 Å². The van der Waals surface area contributed by atoms with Gasteiger partial charge in [-0.2, -0.15) is 0 Å². The van der Waals surface area contributed by atoms with Crippen molar-refractivity contribution in [3.05, 3.63) is 70.8 Å². The number of hydrogen-bond donors (Lipinski definition) is 1. The number of benzene rings is 2. The second-order valence-corrected chi connectivity index (χ2v) is 14.2. The monoisotopic (exact) mass is 628 g/mol. The van der Waals surface area contributed by atoms with Gasteiger partial charge in [0.05, 0.1) is 0 Å². The van der Waals surface area contributed by atoms with E-state index in [1.54, 1.807) is 23.9 Å². The molecule has 0 aromatic heterocycles. The number of aliphatic hydroxyl groups is 1. The molecule has 0 heterocycles. The van der Waals surface area contributed by atoms with E-state index in [1.807, 2.05) is 111 Å². The van der Waals surface area contributed by atoms with Crippen LogP contribution in [0.1, 0.15) is 97.4 Å². The number of carbonyl (C=O) groups excluding carboxylic acids is 3. The molecule has 0 spiro atoms. The number of rotatable bonds is 10. The molecular formula is C36H56N2O7. The number of esters is 1. The van der Waals surface area contributed by atoms with Gasteiger partial charge in [0.15, 0.2) is 0 Å². The highest BCUT2D eigenvalue weighted by molar-refractivity contribution is 5.70. The molecule has 0 unspecified atom stereocenters. The number of carbonyl (C=O) groups is 3. The van der Waals surface area contributed by atoms with E-state index in [-0.39, 0.29) is 24.8 Å². The summed E-state index contributed by atoms with van der Waals surface area (Å²) < 4.78 is 15.9. The van der Waals surface area contributed by atoms with Gasteiger partial charge in [0.25, 0.3) is 0 Å². The van der Waals surface area contributed by atoms with E-state index in [1.165, 1.54) is 5.56 Å². The van der Waals surface area contributed by atoms with Gasteiger partial charge in [0, 0.05) is 40.2 Å². The zero-order chi connectivity index (χ0) is 34.4. The average Bonchev–Trinajstić information content (AvgIpc) is 2.90. The molecule has 9 nitrogen and oxygen atoms in total. The zero-order valence-electron chi connectivity index (χ0n) is 29.4. The van der Waals surface area contributed by atoms with Gasteiger partial charge in [-0.25, -0.2) is 9.59 Å². The Morgan fingerprint density at radius 3 is 1.24 bits per heavy atom. The van der Waals surface area contributed by atoms with Crippen LogP contribution in [0.25, 0.3) is 0 Å². The minimum Gasteiger partial charge on any atom is -0.460 e. The van der Waals surface area contributed by atoms with Crippen LogP contribution in [0.4, 0.5) is 9.59 Å². The molecule has 0 fully saturated rings. The van der Waals surface area contributed by atoms with Crippen molar-refractivity contribution in [3.63, 3.8) is 0 Å². The first-order chi connectivity index (χ1) is 20.7. The van der Waals surface area contributed by atoms with E-state index >= 15 is 0 Å². The van der Waals surface area contributed by atoms with Gasteiger partial charge >= 0.3 is 18.2 Å². The fourth-order valence-electron chi connectivity index (χ4n) is 3.90. The summed E-state index contributed by atoms with van der Waals surface area (Å²) in [7, 11) is 3.44. The van der Waals surface area contributed by atoms with Gasteiger partial charge in [0.1, 0.15) is 16.8 Å². The quantitative estimate of drug-likeness (QED) is 0.217. The Morgan fingerprint density at radius 1 is 0.578 bits per heavy atom. The highest BCUT2D eigenvalue weighted by Crippen LogP contribution is 2.15. The minimum absolute atomic E-state index is 0.193. The Bertz CT molecular complexity index is 1190. The summed E-state index contributed by atoms with van der Waals surface area (Å²) in [5.41, 5.74) is 2.90. The van der Waals surface area contributed by atoms with Gasteiger partial charge in [-0.05, 0) is 104 Å². The van der Waals surface area contributed by atoms with Crippen molar-refractivity contribution in [2.24, 2.45) is 0 Å². The predicted molar refractivity (Wildman–Crippen MR) is 178 cm³/mol. The number of amides is 2. The standard InChI is InChI=1S/C20H31NO4.C16H25NO3/c1-19(2,3)24-17(22)13-12-15-8-10-16(11-9-15)14-21(7)18(23)25-20(4,5)6;1-16(2,3)20-15(19)17(4)12-14-9-7-13(8-10-14)6-5-11-18/h8-11H,12-14H2,1-7H3;7-10,18H,5-6,11-12H2,1-4H3. The highest BCUT2D eigenvalue weighted by atomic mass is 16.6. The molecule has 252 valence electrons. The topological polar surface area (TPSA) is 106 Å². The third-order valence-electron chi connectivity index (χ3n) is 5.96. The molecule has 0 atom stereocenters. The second kappa shape index (κ2) is 17.8. The summed E-state index contributed by atoms with van der Waals surface area (Å²) in [5, 5.41) is 8.80. The summed E-state index contributed by atoms with van der Waals surface area (Å²) in [6, 6.07) is 16.0. The van der Waals surface area contributed by atoms with Gasteiger partial charge in [-0.3, -0.25) is 4.79 Å². The zero-order valence-corrected chi connectivity index (χ0v) is 29.4. The van der Waals surface area contributed by atoms with E-state index in [0.717, 1.165) is 29.5 Å². The van der Waals surface area contributed by atoms with Gasteiger partial charge in [0.2, 0.25) is 0 Å². The lowest BCUT2D eigenvalue weighted by Gasteiger charge is -2.24. The maximum Gasteiger partial charge on any atom is 0.410 e. The third kappa shape index (κ3) is 18.7. The lowest BCUT2D eigenvalue weighted by molar-refractivity contribution is -0.154. The van der Waals surface area contributed by atoms with Crippen molar-refractivity contribution in [2.75, 3.05) is 20.7 Å². The molecule has 1 N–H and O–H groups in total. The molecule has 2 rings (SSSR count). The van der Waals surface area contributed by atoms with E-state index < -0.39 is 16.8 Å². The smallest absolute Gasteiger partial charge is 0.410 e. The molecule has 0 aliphatic heterocycles. The Labute approximate surface area is 270 Å². The van der Waals surface area contributed by atoms with Gasteiger partial charge in [-0.15, -0.1) is 0 Å². The first kappa shape index (κ1) is 39.4. The summed E-state index contributed by atoms with van der Waals surface area (Å²) in [6.45, 7) is 17.9. The molecule has 45 heavy (non-hydrogen) atoms. The van der Waals surface area contributed by atoms with Crippen LogP contribution < -0.4 is 0 Å². The highest BCUT2D eigenvalue weighted by Gasteiger charge is 2.21. The lowest BCUT2D eigenvalue weighted by Crippen LogP contribution is -2.33. The largest absolute Gasteiger partial charge is 0.460 e. The molecule has 0 bridgehead atoms. The Hall–Kier alpha value is -3.59. The molecule has 0 radical (unpaired) electrons. The number of nitrogens with zero attached hydrogens (tertiary/aromatic N) is 2. The van der Waals surface area contributed by atoms with Crippen LogP contribution in [-0.4, -0.2) is 70.6 Å². The number of aliphatic hydroxyl groups excluding tert-OH is 1.